The van der Waals surface area contributed by atoms with E-state index in [2.05, 4.69) is 0 Å². The second kappa shape index (κ2) is 8.75. The van der Waals surface area contributed by atoms with Crippen LogP contribution in [0.3, 0.4) is 0 Å². The summed E-state index contributed by atoms with van der Waals surface area (Å²) in [6, 6.07) is 8.82. The van der Waals surface area contributed by atoms with E-state index in [-0.39, 0.29) is 22.0 Å². The molecule has 2 saturated heterocycles. The number of benzene rings is 2. The Morgan fingerprint density at radius 3 is 2.57 bits per heavy atom. The predicted octanol–water partition coefficient (Wildman–Crippen LogP) is 4.69. The van der Waals surface area contributed by atoms with Crippen molar-refractivity contribution >= 4 is 46.3 Å². The van der Waals surface area contributed by atoms with Gasteiger partial charge in [-0.3, -0.25) is 14.5 Å². The molecule has 0 atom stereocenters. The largest absolute Gasteiger partial charge is 0.378 e. The number of amides is 2. The van der Waals surface area contributed by atoms with Crippen molar-refractivity contribution in [3.05, 3.63) is 69.1 Å². The molecule has 0 unspecified atom stereocenters. The molecule has 0 spiro atoms. The average molecular weight is 451 g/mol. The molecule has 0 aromatic heterocycles. The number of hydrogen-bond donors (Lipinski definition) is 0. The Balaban J connectivity index is 1.54. The minimum atomic E-state index is -0.591. The monoisotopic (exact) mass is 450 g/mol. The van der Waals surface area contributed by atoms with Crippen LogP contribution in [0, 0.1) is 11.6 Å². The van der Waals surface area contributed by atoms with Crippen LogP contribution in [0.15, 0.2) is 41.3 Å². The molecular weight excluding hydrogens is 434 g/mol. The van der Waals surface area contributed by atoms with Gasteiger partial charge < -0.3 is 9.64 Å². The molecule has 2 aromatic carbocycles. The number of carbonyl (C=O) groups is 2. The second-order valence-corrected chi connectivity index (χ2v) is 8.18. The third kappa shape index (κ3) is 4.21. The number of morpholine rings is 1. The fourth-order valence-corrected chi connectivity index (χ4v) is 4.36. The topological polar surface area (TPSA) is 49.9 Å². The van der Waals surface area contributed by atoms with Crippen LogP contribution in [0.4, 0.5) is 19.3 Å². The molecule has 0 radical (unpaired) electrons. The van der Waals surface area contributed by atoms with Gasteiger partial charge in [0, 0.05) is 23.7 Å². The third-order valence-corrected chi connectivity index (χ3v) is 6.13. The maximum atomic E-state index is 14.6. The van der Waals surface area contributed by atoms with Gasteiger partial charge in [0.1, 0.15) is 11.6 Å². The number of anilines is 1. The Hall–Kier alpha value is -2.42. The first-order valence-electron chi connectivity index (χ1n) is 9.24. The van der Waals surface area contributed by atoms with E-state index in [0.29, 0.717) is 37.6 Å². The smallest absolute Gasteiger partial charge is 0.293 e. The first-order chi connectivity index (χ1) is 14.4. The molecule has 0 aliphatic carbocycles. The number of imide groups is 1. The summed E-state index contributed by atoms with van der Waals surface area (Å²) in [6.45, 7) is 2.03. The van der Waals surface area contributed by atoms with E-state index >= 15 is 0 Å². The minimum absolute atomic E-state index is 0.0728. The Morgan fingerprint density at radius 2 is 1.87 bits per heavy atom. The zero-order chi connectivity index (χ0) is 21.3. The van der Waals surface area contributed by atoms with E-state index in [0.717, 1.165) is 16.7 Å². The SMILES string of the molecule is O=C1S/C(=C\c2ccc(N3CCOCC3)c(F)c2)C(=O)N1Cc1c(F)cccc1Cl. The molecular formula is C21H17ClF2N2O3S. The van der Waals surface area contributed by atoms with Crippen molar-refractivity contribution in [3.8, 4) is 0 Å². The van der Waals surface area contributed by atoms with Crippen LogP contribution in [0.1, 0.15) is 11.1 Å². The summed E-state index contributed by atoms with van der Waals surface area (Å²) in [7, 11) is 0. The minimum Gasteiger partial charge on any atom is -0.378 e. The van der Waals surface area contributed by atoms with Crippen LogP contribution in [0.25, 0.3) is 6.08 Å². The molecule has 2 aliphatic rings. The highest BCUT2D eigenvalue weighted by atomic mass is 35.5. The summed E-state index contributed by atoms with van der Waals surface area (Å²) < 4.78 is 33.9. The maximum absolute atomic E-state index is 14.6. The highest BCUT2D eigenvalue weighted by molar-refractivity contribution is 8.18. The first-order valence-corrected chi connectivity index (χ1v) is 10.4. The molecule has 5 nitrogen and oxygen atoms in total. The van der Waals surface area contributed by atoms with E-state index in [1.165, 1.54) is 30.3 Å². The molecule has 156 valence electrons. The molecule has 0 bridgehead atoms. The summed E-state index contributed by atoms with van der Waals surface area (Å²) in [5.74, 6) is -1.57. The number of thioether (sulfide) groups is 1. The van der Waals surface area contributed by atoms with Crippen LogP contribution in [-0.2, 0) is 16.1 Å². The average Bonchev–Trinajstić information content (AvgIpc) is 2.98. The number of ether oxygens (including phenoxy) is 1. The van der Waals surface area contributed by atoms with E-state index in [4.69, 9.17) is 16.3 Å². The van der Waals surface area contributed by atoms with Gasteiger partial charge in [0.2, 0.25) is 0 Å². The second-order valence-electron chi connectivity index (χ2n) is 6.78. The maximum Gasteiger partial charge on any atom is 0.293 e. The van der Waals surface area contributed by atoms with Crippen molar-refractivity contribution in [2.45, 2.75) is 6.54 Å². The summed E-state index contributed by atoms with van der Waals surface area (Å²) in [4.78, 5) is 28.0. The number of rotatable bonds is 4. The normalized spacial score (nSPS) is 18.6. The molecule has 0 N–H and O–H groups in total. The molecule has 30 heavy (non-hydrogen) atoms. The van der Waals surface area contributed by atoms with Crippen molar-refractivity contribution in [3.63, 3.8) is 0 Å². The highest BCUT2D eigenvalue weighted by Gasteiger charge is 2.36. The number of nitrogens with zero attached hydrogens (tertiary/aromatic N) is 2. The summed E-state index contributed by atoms with van der Waals surface area (Å²) in [6.07, 6.45) is 1.46. The van der Waals surface area contributed by atoms with Gasteiger partial charge in [0.15, 0.2) is 0 Å². The van der Waals surface area contributed by atoms with Gasteiger partial charge in [0.05, 0.1) is 30.4 Å². The van der Waals surface area contributed by atoms with Crippen LogP contribution < -0.4 is 4.90 Å². The molecule has 2 heterocycles. The van der Waals surface area contributed by atoms with Crippen molar-refractivity contribution in [2.75, 3.05) is 31.2 Å². The Morgan fingerprint density at radius 1 is 1.10 bits per heavy atom. The fourth-order valence-electron chi connectivity index (χ4n) is 3.30. The molecule has 2 fully saturated rings. The Kier molecular flexibility index (Phi) is 6.08. The zero-order valence-corrected chi connectivity index (χ0v) is 17.3. The van der Waals surface area contributed by atoms with Gasteiger partial charge in [-0.05, 0) is 47.7 Å². The lowest BCUT2D eigenvalue weighted by Crippen LogP contribution is -2.36. The lowest BCUT2D eigenvalue weighted by atomic mass is 10.1. The summed E-state index contributed by atoms with van der Waals surface area (Å²) >= 11 is 6.73. The highest BCUT2D eigenvalue weighted by Crippen LogP contribution is 2.35. The van der Waals surface area contributed by atoms with Gasteiger partial charge in [0.25, 0.3) is 11.1 Å². The van der Waals surface area contributed by atoms with Gasteiger partial charge in [-0.1, -0.05) is 23.7 Å². The van der Waals surface area contributed by atoms with Crippen LogP contribution in [0.5, 0.6) is 0 Å². The van der Waals surface area contributed by atoms with Crippen LogP contribution in [-0.4, -0.2) is 42.3 Å². The van der Waals surface area contributed by atoms with E-state index in [1.54, 1.807) is 12.1 Å². The molecule has 2 amide bonds. The molecule has 2 aromatic rings. The summed E-state index contributed by atoms with van der Waals surface area (Å²) in [5.41, 5.74) is 1.00. The van der Waals surface area contributed by atoms with Crippen molar-refractivity contribution < 1.29 is 23.1 Å². The fraction of sp³-hybridized carbons (Fsp3) is 0.238. The summed E-state index contributed by atoms with van der Waals surface area (Å²) in [5, 5.41) is -0.394. The number of hydrogen-bond acceptors (Lipinski definition) is 5. The predicted molar refractivity (Wildman–Crippen MR) is 112 cm³/mol. The molecule has 2 aliphatic heterocycles. The zero-order valence-electron chi connectivity index (χ0n) is 15.7. The quantitative estimate of drug-likeness (QED) is 0.632. The third-order valence-electron chi connectivity index (χ3n) is 4.87. The first kappa shape index (κ1) is 20.8. The van der Waals surface area contributed by atoms with Gasteiger partial charge >= 0.3 is 0 Å². The van der Waals surface area contributed by atoms with E-state index < -0.39 is 22.8 Å². The molecule has 9 heteroatoms. The van der Waals surface area contributed by atoms with Crippen molar-refractivity contribution in [1.29, 1.82) is 0 Å². The molecule has 4 rings (SSSR count). The van der Waals surface area contributed by atoms with Crippen LogP contribution in [0.2, 0.25) is 5.02 Å². The lowest BCUT2D eigenvalue weighted by molar-refractivity contribution is -0.123. The van der Waals surface area contributed by atoms with Crippen LogP contribution >= 0.6 is 23.4 Å². The molecule has 0 saturated carbocycles. The van der Waals surface area contributed by atoms with E-state index in [9.17, 15) is 18.4 Å². The number of halogens is 3. The lowest BCUT2D eigenvalue weighted by Gasteiger charge is -2.29. The Bertz CT molecular complexity index is 1020. The van der Waals surface area contributed by atoms with Gasteiger partial charge in [-0.15, -0.1) is 0 Å². The van der Waals surface area contributed by atoms with E-state index in [1.807, 2.05) is 4.90 Å². The Labute approximate surface area is 181 Å². The van der Waals surface area contributed by atoms with Crippen molar-refractivity contribution in [1.82, 2.24) is 4.90 Å². The standard InChI is InChI=1S/C21H17ClF2N2O3S/c22-15-2-1-3-16(23)14(15)12-26-20(27)19(30-21(26)28)11-13-4-5-18(17(24)10-13)25-6-8-29-9-7-25/h1-5,10-11H,6-9,12H2/b19-11-. The van der Waals surface area contributed by atoms with Gasteiger partial charge in [-0.2, -0.15) is 0 Å². The van der Waals surface area contributed by atoms with Gasteiger partial charge in [-0.25, -0.2) is 8.78 Å². The number of carbonyl (C=O) groups excluding carboxylic acids is 2. The van der Waals surface area contributed by atoms with Crippen molar-refractivity contribution in [2.24, 2.45) is 0 Å².